The van der Waals surface area contributed by atoms with Gasteiger partial charge in [0.05, 0.1) is 0 Å². The Morgan fingerprint density at radius 1 is 1.53 bits per heavy atom. The smallest absolute Gasteiger partial charge is 0.244 e. The second kappa shape index (κ2) is 4.34. The highest BCUT2D eigenvalue weighted by molar-refractivity contribution is 7.89. The van der Waals surface area contributed by atoms with Crippen LogP contribution in [0.5, 0.6) is 0 Å². The number of hydrogen-bond donors (Lipinski definition) is 1. The third-order valence-corrected chi connectivity index (χ3v) is 4.34. The fourth-order valence-corrected chi connectivity index (χ4v) is 2.55. The predicted octanol–water partition coefficient (Wildman–Crippen LogP) is 0.124. The molecule has 0 radical (unpaired) electrons. The monoisotopic (exact) mass is 231 g/mol. The summed E-state index contributed by atoms with van der Waals surface area (Å²) in [5.41, 5.74) is 6.29. The van der Waals surface area contributed by atoms with Crippen LogP contribution in [0.25, 0.3) is 0 Å². The molecule has 0 aliphatic carbocycles. The lowest BCUT2D eigenvalue weighted by Gasteiger charge is -2.12. The van der Waals surface area contributed by atoms with E-state index in [4.69, 9.17) is 5.73 Å². The van der Waals surface area contributed by atoms with Gasteiger partial charge in [0, 0.05) is 39.1 Å². The molecular weight excluding hydrogens is 214 g/mol. The van der Waals surface area contributed by atoms with Gasteiger partial charge in [-0.05, 0) is 6.07 Å². The molecule has 0 amide bonds. The maximum absolute atomic E-state index is 11.9. The molecule has 2 N–H and O–H groups in total. The molecule has 0 fully saturated rings. The second-order valence-corrected chi connectivity index (χ2v) is 5.45. The molecule has 0 aliphatic heterocycles. The maximum Gasteiger partial charge on any atom is 0.244 e. The Balaban J connectivity index is 3.17. The molecule has 15 heavy (non-hydrogen) atoms. The zero-order chi connectivity index (χ0) is 11.6. The molecule has 1 aromatic heterocycles. The molecule has 0 aliphatic rings. The van der Waals surface area contributed by atoms with Crippen LogP contribution in [-0.4, -0.2) is 30.9 Å². The second-order valence-electron chi connectivity index (χ2n) is 3.40. The van der Waals surface area contributed by atoms with Crippen LogP contribution in [0.15, 0.2) is 17.2 Å². The average molecular weight is 231 g/mol. The summed E-state index contributed by atoms with van der Waals surface area (Å²) in [6.45, 7) is 2.58. The van der Waals surface area contributed by atoms with E-state index in [2.05, 4.69) is 0 Å². The van der Waals surface area contributed by atoms with Gasteiger partial charge in [0.15, 0.2) is 0 Å². The predicted molar refractivity (Wildman–Crippen MR) is 58.8 cm³/mol. The summed E-state index contributed by atoms with van der Waals surface area (Å²) in [5.74, 6) is 0. The summed E-state index contributed by atoms with van der Waals surface area (Å²) in [4.78, 5) is 0.301. The van der Waals surface area contributed by atoms with Gasteiger partial charge in [-0.25, -0.2) is 12.7 Å². The summed E-state index contributed by atoms with van der Waals surface area (Å²) in [7, 11) is 0.000987. The first-order valence-electron chi connectivity index (χ1n) is 4.75. The van der Waals surface area contributed by atoms with Crippen molar-refractivity contribution in [2.75, 3.05) is 13.6 Å². The van der Waals surface area contributed by atoms with Gasteiger partial charge < -0.3 is 10.3 Å². The standard InChI is InChI=1S/C9H17N3O2S/c1-4-12(3)15(13,14)9-5-8(6-10)11(2)7-9/h5,7H,4,6,10H2,1-3H3. The van der Waals surface area contributed by atoms with Crippen molar-refractivity contribution in [2.45, 2.75) is 18.4 Å². The zero-order valence-electron chi connectivity index (χ0n) is 9.27. The molecule has 0 atom stereocenters. The third kappa shape index (κ3) is 2.22. The van der Waals surface area contributed by atoms with Gasteiger partial charge in [0.1, 0.15) is 4.90 Å². The zero-order valence-corrected chi connectivity index (χ0v) is 10.1. The normalized spacial score (nSPS) is 12.3. The van der Waals surface area contributed by atoms with Crippen molar-refractivity contribution in [2.24, 2.45) is 12.8 Å². The van der Waals surface area contributed by atoms with E-state index in [0.29, 0.717) is 18.0 Å². The van der Waals surface area contributed by atoms with Crippen LogP contribution < -0.4 is 5.73 Å². The Hall–Kier alpha value is -0.850. The average Bonchev–Trinajstić information content (AvgIpc) is 2.58. The Morgan fingerprint density at radius 2 is 2.13 bits per heavy atom. The number of nitrogens with two attached hydrogens (primary N) is 1. The summed E-state index contributed by atoms with van der Waals surface area (Å²) in [6, 6.07) is 1.61. The highest BCUT2D eigenvalue weighted by Gasteiger charge is 2.21. The Morgan fingerprint density at radius 3 is 2.53 bits per heavy atom. The van der Waals surface area contributed by atoms with Gasteiger partial charge in [0.2, 0.25) is 10.0 Å². The minimum Gasteiger partial charge on any atom is -0.352 e. The van der Waals surface area contributed by atoms with E-state index >= 15 is 0 Å². The summed E-state index contributed by atoms with van der Waals surface area (Å²) in [5, 5.41) is 0. The molecule has 1 aromatic rings. The molecule has 0 unspecified atom stereocenters. The van der Waals surface area contributed by atoms with Gasteiger partial charge in [0.25, 0.3) is 0 Å². The lowest BCUT2D eigenvalue weighted by Crippen LogP contribution is -2.26. The topological polar surface area (TPSA) is 68.3 Å². The van der Waals surface area contributed by atoms with Crippen molar-refractivity contribution in [3.63, 3.8) is 0 Å². The van der Waals surface area contributed by atoms with Gasteiger partial charge in [-0.2, -0.15) is 0 Å². The summed E-state index contributed by atoms with van der Waals surface area (Å²) in [6.07, 6.45) is 1.59. The first-order chi connectivity index (χ1) is 6.93. The van der Waals surface area contributed by atoms with E-state index in [9.17, 15) is 8.42 Å². The lowest BCUT2D eigenvalue weighted by molar-refractivity contribution is 0.486. The van der Waals surface area contributed by atoms with Gasteiger partial charge in [-0.1, -0.05) is 6.92 Å². The van der Waals surface area contributed by atoms with Crippen LogP contribution in [0.3, 0.4) is 0 Å². The van der Waals surface area contributed by atoms with Crippen LogP contribution in [0.2, 0.25) is 0 Å². The number of aromatic nitrogens is 1. The van der Waals surface area contributed by atoms with E-state index in [-0.39, 0.29) is 0 Å². The molecule has 0 saturated carbocycles. The largest absolute Gasteiger partial charge is 0.352 e. The van der Waals surface area contributed by atoms with Crippen LogP contribution in [-0.2, 0) is 23.6 Å². The highest BCUT2D eigenvalue weighted by Crippen LogP contribution is 2.16. The van der Waals surface area contributed by atoms with Crippen molar-refractivity contribution < 1.29 is 8.42 Å². The Labute approximate surface area is 90.5 Å². The fourth-order valence-electron chi connectivity index (χ4n) is 1.27. The van der Waals surface area contributed by atoms with E-state index in [1.54, 1.807) is 37.8 Å². The van der Waals surface area contributed by atoms with Crippen molar-refractivity contribution in [3.8, 4) is 0 Å². The number of sulfonamides is 1. The summed E-state index contributed by atoms with van der Waals surface area (Å²) < 4.78 is 26.9. The SMILES string of the molecule is CCN(C)S(=O)(=O)c1cc(CN)n(C)c1. The highest BCUT2D eigenvalue weighted by atomic mass is 32.2. The van der Waals surface area contributed by atoms with Crippen molar-refractivity contribution in [3.05, 3.63) is 18.0 Å². The number of aryl methyl sites for hydroxylation is 1. The molecule has 86 valence electrons. The molecule has 0 bridgehead atoms. The quantitative estimate of drug-likeness (QED) is 0.800. The van der Waals surface area contributed by atoms with Crippen LogP contribution >= 0.6 is 0 Å². The van der Waals surface area contributed by atoms with E-state index < -0.39 is 10.0 Å². The number of rotatable bonds is 4. The van der Waals surface area contributed by atoms with Crippen LogP contribution in [0.4, 0.5) is 0 Å². The molecule has 0 saturated heterocycles. The number of hydrogen-bond acceptors (Lipinski definition) is 3. The fraction of sp³-hybridized carbons (Fsp3) is 0.556. The molecule has 1 rings (SSSR count). The molecule has 1 heterocycles. The first kappa shape index (κ1) is 12.2. The first-order valence-corrected chi connectivity index (χ1v) is 6.19. The third-order valence-electron chi connectivity index (χ3n) is 2.45. The van der Waals surface area contributed by atoms with Crippen molar-refractivity contribution in [1.82, 2.24) is 8.87 Å². The maximum atomic E-state index is 11.9. The Bertz CT molecular complexity index is 436. The van der Waals surface area contributed by atoms with Gasteiger partial charge in [-0.15, -0.1) is 0 Å². The van der Waals surface area contributed by atoms with Crippen LogP contribution in [0, 0.1) is 0 Å². The van der Waals surface area contributed by atoms with E-state index in [1.165, 1.54) is 4.31 Å². The molecule has 0 aromatic carbocycles. The van der Waals surface area contributed by atoms with Crippen molar-refractivity contribution >= 4 is 10.0 Å². The van der Waals surface area contributed by atoms with Crippen molar-refractivity contribution in [1.29, 1.82) is 0 Å². The lowest BCUT2D eigenvalue weighted by atomic mass is 10.4. The molecule has 0 spiro atoms. The molecule has 5 nitrogen and oxygen atoms in total. The van der Waals surface area contributed by atoms with Gasteiger partial charge >= 0.3 is 0 Å². The Kier molecular flexibility index (Phi) is 3.54. The minimum atomic E-state index is -3.34. The van der Waals surface area contributed by atoms with Gasteiger partial charge in [-0.3, -0.25) is 0 Å². The number of nitrogens with zero attached hydrogens (tertiary/aromatic N) is 2. The summed E-state index contributed by atoms with van der Waals surface area (Å²) >= 11 is 0. The van der Waals surface area contributed by atoms with E-state index in [1.807, 2.05) is 0 Å². The van der Waals surface area contributed by atoms with Crippen LogP contribution in [0.1, 0.15) is 12.6 Å². The minimum absolute atomic E-state index is 0.301. The molecule has 6 heteroatoms. The molecular formula is C9H17N3O2S. The van der Waals surface area contributed by atoms with E-state index in [0.717, 1.165) is 5.69 Å².